The number of ether oxygens (including phenoxy) is 1. The number of morpholine rings is 1. The van der Waals surface area contributed by atoms with E-state index < -0.39 is 6.04 Å². The van der Waals surface area contributed by atoms with Gasteiger partial charge in [-0.15, -0.1) is 0 Å². The standard InChI is InChI=1S/C22H35N3O2/c1-3-18-6-5-17(15-19(18)4-2)16-21(23)22(26)25-9-7-20(8-10-25)24-11-13-27-14-12-24/h5-6,15,20-21H,3-4,7-14,16,23H2,1-2H3/t21-/m1/s1. The molecule has 0 spiro atoms. The van der Waals surface area contributed by atoms with Crippen LogP contribution in [0, 0.1) is 0 Å². The van der Waals surface area contributed by atoms with Crippen molar-refractivity contribution in [3.8, 4) is 0 Å². The van der Waals surface area contributed by atoms with Crippen molar-refractivity contribution < 1.29 is 9.53 Å². The highest BCUT2D eigenvalue weighted by Gasteiger charge is 2.29. The van der Waals surface area contributed by atoms with Gasteiger partial charge in [-0.1, -0.05) is 32.0 Å². The summed E-state index contributed by atoms with van der Waals surface area (Å²) in [6.45, 7) is 9.72. The van der Waals surface area contributed by atoms with Gasteiger partial charge in [0.2, 0.25) is 5.91 Å². The van der Waals surface area contributed by atoms with E-state index in [9.17, 15) is 4.79 Å². The number of rotatable bonds is 6. The summed E-state index contributed by atoms with van der Waals surface area (Å²) in [5, 5.41) is 0. The molecule has 0 bridgehead atoms. The molecule has 3 rings (SSSR count). The van der Waals surface area contributed by atoms with Crippen LogP contribution in [0.2, 0.25) is 0 Å². The molecule has 1 amide bonds. The van der Waals surface area contributed by atoms with Gasteiger partial charge in [0.15, 0.2) is 0 Å². The molecule has 2 fully saturated rings. The smallest absolute Gasteiger partial charge is 0.239 e. The summed E-state index contributed by atoms with van der Waals surface area (Å²) in [6, 6.07) is 6.70. The van der Waals surface area contributed by atoms with Crippen molar-refractivity contribution in [2.24, 2.45) is 5.73 Å². The molecule has 2 saturated heterocycles. The highest BCUT2D eigenvalue weighted by molar-refractivity contribution is 5.82. The quantitative estimate of drug-likeness (QED) is 0.829. The third kappa shape index (κ3) is 5.09. The van der Waals surface area contributed by atoms with Crippen LogP contribution < -0.4 is 5.73 Å². The zero-order chi connectivity index (χ0) is 19.2. The second-order valence-electron chi connectivity index (χ2n) is 7.83. The molecule has 27 heavy (non-hydrogen) atoms. The SMILES string of the molecule is CCc1ccc(C[C@@H](N)C(=O)N2CCC(N3CCOCC3)CC2)cc1CC. The van der Waals surface area contributed by atoms with Crippen molar-refractivity contribution in [1.29, 1.82) is 0 Å². The van der Waals surface area contributed by atoms with Crippen molar-refractivity contribution in [1.82, 2.24) is 9.80 Å². The third-order valence-electron chi connectivity index (χ3n) is 6.14. The molecule has 0 saturated carbocycles. The predicted octanol–water partition coefficient (Wildman–Crippen LogP) is 2.00. The number of hydrogen-bond donors (Lipinski definition) is 1. The number of piperidine rings is 1. The molecular formula is C22H35N3O2. The normalized spacial score (nSPS) is 20.6. The van der Waals surface area contributed by atoms with Crippen molar-refractivity contribution in [2.45, 2.75) is 58.0 Å². The van der Waals surface area contributed by atoms with E-state index >= 15 is 0 Å². The number of likely N-dealkylation sites (tertiary alicyclic amines) is 1. The molecule has 2 aliphatic heterocycles. The molecule has 5 nitrogen and oxygen atoms in total. The maximum atomic E-state index is 12.8. The first kappa shape index (κ1) is 20.3. The molecule has 0 aromatic heterocycles. The van der Waals surface area contributed by atoms with Crippen molar-refractivity contribution in [3.63, 3.8) is 0 Å². The lowest BCUT2D eigenvalue weighted by atomic mass is 9.96. The fraction of sp³-hybridized carbons (Fsp3) is 0.682. The Hall–Kier alpha value is -1.43. The molecular weight excluding hydrogens is 338 g/mol. The number of carbonyl (C=O) groups is 1. The number of benzene rings is 1. The zero-order valence-electron chi connectivity index (χ0n) is 17.0. The number of amides is 1. The molecule has 0 unspecified atom stereocenters. The lowest BCUT2D eigenvalue weighted by Gasteiger charge is -2.40. The van der Waals surface area contributed by atoms with E-state index in [2.05, 4.69) is 36.9 Å². The van der Waals surface area contributed by atoms with Gasteiger partial charge in [-0.25, -0.2) is 0 Å². The van der Waals surface area contributed by atoms with E-state index in [1.165, 1.54) is 16.7 Å². The van der Waals surface area contributed by atoms with Crippen LogP contribution in [0.25, 0.3) is 0 Å². The Bertz CT molecular complexity index is 620. The van der Waals surface area contributed by atoms with E-state index in [1.807, 2.05) is 4.90 Å². The minimum absolute atomic E-state index is 0.105. The van der Waals surface area contributed by atoms with Gasteiger partial charge in [-0.2, -0.15) is 0 Å². The van der Waals surface area contributed by atoms with Crippen LogP contribution in [-0.2, 0) is 28.8 Å². The summed E-state index contributed by atoms with van der Waals surface area (Å²) in [6.07, 6.45) is 4.79. The summed E-state index contributed by atoms with van der Waals surface area (Å²) in [4.78, 5) is 17.3. The molecule has 5 heteroatoms. The highest BCUT2D eigenvalue weighted by atomic mass is 16.5. The van der Waals surface area contributed by atoms with Crippen molar-refractivity contribution >= 4 is 5.91 Å². The average molecular weight is 374 g/mol. The number of hydrogen-bond acceptors (Lipinski definition) is 4. The van der Waals surface area contributed by atoms with Crippen LogP contribution in [0.1, 0.15) is 43.4 Å². The first-order valence-electron chi connectivity index (χ1n) is 10.6. The lowest BCUT2D eigenvalue weighted by Crippen LogP contribution is -2.53. The van der Waals surface area contributed by atoms with E-state index in [1.54, 1.807) is 0 Å². The fourth-order valence-electron chi connectivity index (χ4n) is 4.45. The summed E-state index contributed by atoms with van der Waals surface area (Å²) >= 11 is 0. The second kappa shape index (κ2) is 9.67. The van der Waals surface area contributed by atoms with Crippen molar-refractivity contribution in [2.75, 3.05) is 39.4 Å². The minimum atomic E-state index is -0.442. The second-order valence-corrected chi connectivity index (χ2v) is 7.83. The topological polar surface area (TPSA) is 58.8 Å². The van der Waals surface area contributed by atoms with E-state index in [0.717, 1.165) is 65.1 Å². The maximum Gasteiger partial charge on any atom is 0.239 e. The molecule has 2 N–H and O–H groups in total. The van der Waals surface area contributed by atoms with E-state index in [0.29, 0.717) is 12.5 Å². The summed E-state index contributed by atoms with van der Waals surface area (Å²) < 4.78 is 5.45. The predicted molar refractivity (Wildman–Crippen MR) is 109 cm³/mol. The van der Waals surface area contributed by atoms with Gasteiger partial charge in [-0.05, 0) is 48.8 Å². The van der Waals surface area contributed by atoms with Gasteiger partial charge < -0.3 is 15.4 Å². The lowest BCUT2D eigenvalue weighted by molar-refractivity contribution is -0.134. The summed E-state index contributed by atoms with van der Waals surface area (Å²) in [7, 11) is 0. The van der Waals surface area contributed by atoms with Gasteiger partial charge in [-0.3, -0.25) is 9.69 Å². The van der Waals surface area contributed by atoms with Crippen LogP contribution in [0.3, 0.4) is 0 Å². The Kier molecular flexibility index (Phi) is 7.27. The molecule has 150 valence electrons. The van der Waals surface area contributed by atoms with Crippen LogP contribution >= 0.6 is 0 Å². The van der Waals surface area contributed by atoms with E-state index in [-0.39, 0.29) is 5.91 Å². The molecule has 2 heterocycles. The monoisotopic (exact) mass is 373 g/mol. The van der Waals surface area contributed by atoms with Crippen LogP contribution in [-0.4, -0.2) is 67.2 Å². The van der Waals surface area contributed by atoms with Gasteiger partial charge in [0.25, 0.3) is 0 Å². The Labute approximate surface area is 163 Å². The molecule has 1 aromatic carbocycles. The van der Waals surface area contributed by atoms with Crippen LogP contribution in [0.15, 0.2) is 18.2 Å². The van der Waals surface area contributed by atoms with Crippen molar-refractivity contribution in [3.05, 3.63) is 34.9 Å². The number of carbonyl (C=O) groups excluding carboxylic acids is 1. The summed E-state index contributed by atoms with van der Waals surface area (Å²) in [5.41, 5.74) is 10.2. The molecule has 2 aliphatic rings. The third-order valence-corrected chi connectivity index (χ3v) is 6.14. The highest BCUT2D eigenvalue weighted by Crippen LogP contribution is 2.19. The zero-order valence-corrected chi connectivity index (χ0v) is 17.0. The Morgan fingerprint density at radius 1 is 1.11 bits per heavy atom. The molecule has 1 aromatic rings. The van der Waals surface area contributed by atoms with Crippen LogP contribution in [0.5, 0.6) is 0 Å². The van der Waals surface area contributed by atoms with E-state index in [4.69, 9.17) is 10.5 Å². The Morgan fingerprint density at radius 2 is 1.78 bits per heavy atom. The Morgan fingerprint density at radius 3 is 2.41 bits per heavy atom. The Balaban J connectivity index is 1.52. The number of nitrogens with two attached hydrogens (primary N) is 1. The minimum Gasteiger partial charge on any atom is -0.379 e. The molecule has 0 aliphatic carbocycles. The fourth-order valence-corrected chi connectivity index (χ4v) is 4.45. The average Bonchev–Trinajstić information content (AvgIpc) is 2.73. The maximum absolute atomic E-state index is 12.8. The number of aryl methyl sites for hydroxylation is 2. The largest absolute Gasteiger partial charge is 0.379 e. The first-order chi connectivity index (χ1) is 13.1. The number of nitrogens with zero attached hydrogens (tertiary/aromatic N) is 2. The summed E-state index contributed by atoms with van der Waals surface area (Å²) in [5.74, 6) is 0.105. The molecule has 1 atom stereocenters. The van der Waals surface area contributed by atoms with Gasteiger partial charge in [0, 0.05) is 32.2 Å². The van der Waals surface area contributed by atoms with Crippen LogP contribution in [0.4, 0.5) is 0 Å². The van der Waals surface area contributed by atoms with Gasteiger partial charge in [0.1, 0.15) is 0 Å². The van der Waals surface area contributed by atoms with Gasteiger partial charge >= 0.3 is 0 Å². The van der Waals surface area contributed by atoms with Gasteiger partial charge in [0.05, 0.1) is 19.3 Å². The first-order valence-corrected chi connectivity index (χ1v) is 10.6. The molecule has 0 radical (unpaired) electrons.